The molecule has 2 aliphatic rings. The van der Waals surface area contributed by atoms with Gasteiger partial charge >= 0.3 is 5.97 Å². The maximum Gasteiger partial charge on any atom is 0.306 e. The first kappa shape index (κ1) is 26.9. The Morgan fingerprint density at radius 2 is 1.58 bits per heavy atom. The van der Waals surface area contributed by atoms with Crippen molar-refractivity contribution in [2.45, 2.75) is 71.4 Å². The number of hydrogen-bond donors (Lipinski definition) is 0. The van der Waals surface area contributed by atoms with Crippen LogP contribution in [0.15, 0.2) is 46.9 Å². The fraction of sp³-hybridized carbons (Fsp3) is 0.533. The van der Waals surface area contributed by atoms with Crippen LogP contribution in [0.4, 0.5) is 0 Å². The Bertz CT molecular complexity index is 1050. The number of hydrogen-bond acceptors (Lipinski definition) is 4. The molecule has 6 heteroatoms. The van der Waals surface area contributed by atoms with Gasteiger partial charge in [0.2, 0.25) is 0 Å². The maximum absolute atomic E-state index is 13.3. The zero-order chi connectivity index (χ0) is 25.9. The quantitative estimate of drug-likeness (QED) is 0.384. The summed E-state index contributed by atoms with van der Waals surface area (Å²) in [5, 5.41) is 0. The first-order chi connectivity index (χ1) is 17.2. The molecule has 0 N–H and O–H groups in total. The van der Waals surface area contributed by atoms with Gasteiger partial charge in [-0.2, -0.15) is 0 Å². The van der Waals surface area contributed by atoms with Crippen LogP contribution < -0.4 is 0 Å². The lowest BCUT2D eigenvalue weighted by molar-refractivity contribution is -0.153. The summed E-state index contributed by atoms with van der Waals surface area (Å²) >= 11 is 3.51. The van der Waals surface area contributed by atoms with Gasteiger partial charge in [0, 0.05) is 41.0 Å². The number of rotatable bonds is 6. The Morgan fingerprint density at radius 3 is 2.14 bits per heavy atom. The molecule has 0 bridgehead atoms. The Kier molecular flexibility index (Phi) is 8.56. The molecule has 4 rings (SSSR count). The van der Waals surface area contributed by atoms with E-state index in [4.69, 9.17) is 4.74 Å². The number of nitrogens with zero attached hydrogens (tertiary/aromatic N) is 2. The summed E-state index contributed by atoms with van der Waals surface area (Å²) in [6.45, 7) is 11.8. The molecule has 1 atom stereocenters. The van der Waals surface area contributed by atoms with Gasteiger partial charge in [0.1, 0.15) is 6.10 Å². The molecule has 2 fully saturated rings. The van der Waals surface area contributed by atoms with E-state index in [1.54, 1.807) is 0 Å². The largest absolute Gasteiger partial charge is 0.457 e. The second kappa shape index (κ2) is 11.5. The Morgan fingerprint density at radius 1 is 1.00 bits per heavy atom. The molecule has 0 radical (unpaired) electrons. The summed E-state index contributed by atoms with van der Waals surface area (Å²) in [4.78, 5) is 30.2. The molecular weight excluding hydrogens is 516 g/mol. The van der Waals surface area contributed by atoms with E-state index in [0.29, 0.717) is 12.3 Å². The van der Waals surface area contributed by atoms with Crippen LogP contribution in [0.3, 0.4) is 0 Å². The fourth-order valence-electron chi connectivity index (χ4n) is 5.87. The van der Waals surface area contributed by atoms with Crippen LogP contribution in [0, 0.1) is 19.8 Å². The molecule has 0 aliphatic carbocycles. The van der Waals surface area contributed by atoms with E-state index in [1.165, 1.54) is 0 Å². The van der Waals surface area contributed by atoms with Gasteiger partial charge < -0.3 is 9.64 Å². The average molecular weight is 556 g/mol. The van der Waals surface area contributed by atoms with Crippen molar-refractivity contribution >= 4 is 27.8 Å². The molecule has 194 valence electrons. The molecule has 2 heterocycles. The number of carbonyl (C=O) groups is 2. The van der Waals surface area contributed by atoms with Crippen LogP contribution in [0.5, 0.6) is 0 Å². The monoisotopic (exact) mass is 554 g/mol. The zero-order valence-corrected chi connectivity index (χ0v) is 23.6. The molecule has 2 aromatic carbocycles. The highest BCUT2D eigenvalue weighted by Gasteiger charge is 2.40. The average Bonchev–Trinajstić information content (AvgIpc) is 2.88. The third-order valence-electron chi connectivity index (χ3n) is 8.30. The minimum absolute atomic E-state index is 0.0930. The lowest BCUT2D eigenvalue weighted by Crippen LogP contribution is -2.56. The number of amides is 1. The molecule has 2 aliphatic heterocycles. The number of halogens is 1. The highest BCUT2D eigenvalue weighted by Crippen LogP contribution is 2.39. The molecule has 1 unspecified atom stereocenters. The van der Waals surface area contributed by atoms with Crippen LogP contribution >= 0.6 is 15.9 Å². The number of aryl methyl sites for hydroxylation is 2. The smallest absolute Gasteiger partial charge is 0.306 e. The number of ether oxygens (including phenoxy) is 1. The Balaban J connectivity index is 1.38. The molecule has 1 amide bonds. The van der Waals surface area contributed by atoms with Gasteiger partial charge in [0.05, 0.1) is 0 Å². The highest BCUT2D eigenvalue weighted by atomic mass is 79.9. The van der Waals surface area contributed by atoms with Gasteiger partial charge in [-0.05, 0) is 88.4 Å². The van der Waals surface area contributed by atoms with E-state index in [-0.39, 0.29) is 23.5 Å². The van der Waals surface area contributed by atoms with E-state index >= 15 is 0 Å². The van der Waals surface area contributed by atoms with E-state index in [9.17, 15) is 9.59 Å². The molecule has 2 saturated heterocycles. The van der Waals surface area contributed by atoms with Gasteiger partial charge in [0.15, 0.2) is 0 Å². The van der Waals surface area contributed by atoms with Crippen molar-refractivity contribution in [3.63, 3.8) is 0 Å². The lowest BCUT2D eigenvalue weighted by atomic mass is 9.82. The molecule has 0 spiro atoms. The van der Waals surface area contributed by atoms with Crippen LogP contribution in [-0.4, -0.2) is 53.4 Å². The summed E-state index contributed by atoms with van der Waals surface area (Å²) in [6.07, 6.45) is 4.15. The van der Waals surface area contributed by atoms with Crippen LogP contribution in [0.2, 0.25) is 0 Å². The lowest BCUT2D eigenvalue weighted by Gasteiger charge is -2.50. The summed E-state index contributed by atoms with van der Waals surface area (Å²) in [6, 6.07) is 14.2. The van der Waals surface area contributed by atoms with Gasteiger partial charge in [-0.1, -0.05) is 53.2 Å². The summed E-state index contributed by atoms with van der Waals surface area (Å²) in [5.41, 5.74) is 4.14. The number of likely N-dealkylation sites (tertiary alicyclic amines) is 2. The van der Waals surface area contributed by atoms with Crippen LogP contribution in [-0.2, 0) is 9.53 Å². The predicted molar refractivity (Wildman–Crippen MR) is 147 cm³/mol. The number of carbonyl (C=O) groups excluding carboxylic acids is 2. The highest BCUT2D eigenvalue weighted by molar-refractivity contribution is 9.10. The fourth-order valence-corrected chi connectivity index (χ4v) is 6.14. The summed E-state index contributed by atoms with van der Waals surface area (Å²) < 4.78 is 6.98. The van der Waals surface area contributed by atoms with Crippen molar-refractivity contribution in [2.75, 3.05) is 26.2 Å². The van der Waals surface area contributed by atoms with Crippen LogP contribution in [0.1, 0.15) is 79.1 Å². The van der Waals surface area contributed by atoms with Crippen LogP contribution in [0.25, 0.3) is 0 Å². The van der Waals surface area contributed by atoms with E-state index in [0.717, 1.165) is 78.6 Å². The minimum Gasteiger partial charge on any atom is -0.457 e. The molecule has 2 aromatic rings. The topological polar surface area (TPSA) is 49.9 Å². The molecule has 0 aromatic heterocycles. The summed E-state index contributed by atoms with van der Waals surface area (Å²) in [7, 11) is 0. The molecular formula is C30H39BrN2O3. The minimum atomic E-state index is -0.197. The van der Waals surface area contributed by atoms with Gasteiger partial charge in [0.25, 0.3) is 5.91 Å². The van der Waals surface area contributed by atoms with Gasteiger partial charge in [-0.25, -0.2) is 0 Å². The zero-order valence-electron chi connectivity index (χ0n) is 22.1. The molecule has 5 nitrogen and oxygen atoms in total. The van der Waals surface area contributed by atoms with Crippen molar-refractivity contribution in [3.8, 4) is 0 Å². The normalized spacial score (nSPS) is 19.6. The van der Waals surface area contributed by atoms with Crippen molar-refractivity contribution in [2.24, 2.45) is 5.92 Å². The number of esters is 1. The SMILES string of the molecule is CCC(=O)OC(c1ccc(Br)cc1)C1CCN(C2(C)CCN(C(=O)c3c(C)cccc3C)CC2)CC1. The van der Waals surface area contributed by atoms with E-state index in [2.05, 4.69) is 39.9 Å². The Hall–Kier alpha value is -2.18. The Labute approximate surface area is 224 Å². The van der Waals surface area contributed by atoms with Crippen molar-refractivity contribution in [1.29, 1.82) is 0 Å². The summed E-state index contributed by atoms with van der Waals surface area (Å²) in [5.74, 6) is 0.340. The van der Waals surface area contributed by atoms with E-state index in [1.807, 2.05) is 56.0 Å². The second-order valence-electron chi connectivity index (χ2n) is 10.7. The number of piperidine rings is 2. The van der Waals surface area contributed by atoms with Crippen molar-refractivity contribution in [1.82, 2.24) is 9.80 Å². The number of benzene rings is 2. The molecule has 0 saturated carbocycles. The third kappa shape index (κ3) is 5.86. The predicted octanol–water partition coefficient (Wildman–Crippen LogP) is 6.47. The second-order valence-corrected chi connectivity index (χ2v) is 11.6. The van der Waals surface area contributed by atoms with Crippen molar-refractivity contribution < 1.29 is 14.3 Å². The maximum atomic E-state index is 13.3. The van der Waals surface area contributed by atoms with Crippen molar-refractivity contribution in [3.05, 3.63) is 69.2 Å². The first-order valence-corrected chi connectivity index (χ1v) is 14.1. The molecule has 36 heavy (non-hydrogen) atoms. The first-order valence-electron chi connectivity index (χ1n) is 13.3. The van der Waals surface area contributed by atoms with Gasteiger partial charge in [-0.15, -0.1) is 0 Å². The standard InChI is InChI=1S/C30H39BrN2O3/c1-5-26(34)36-28(23-9-11-25(31)12-10-23)24-13-17-33(18-14-24)30(4)15-19-32(20-16-30)29(35)27-21(2)7-6-8-22(27)3/h6-12,24,28H,5,13-20H2,1-4H3. The third-order valence-corrected chi connectivity index (χ3v) is 8.83. The van der Waals surface area contributed by atoms with Gasteiger partial charge in [-0.3, -0.25) is 14.5 Å². The van der Waals surface area contributed by atoms with E-state index < -0.39 is 0 Å².